The summed E-state index contributed by atoms with van der Waals surface area (Å²) in [6.07, 6.45) is 5.93. The number of ether oxygens (including phenoxy) is 2. The molecule has 2 aliphatic rings. The average Bonchev–Trinajstić information content (AvgIpc) is 2.60. The van der Waals surface area contributed by atoms with Crippen molar-refractivity contribution >= 4 is 17.3 Å². The number of halogens is 1. The zero-order valence-corrected chi connectivity index (χ0v) is 15.7. The number of hydrogen-bond donors (Lipinski definition) is 1. The third-order valence-electron chi connectivity index (χ3n) is 4.99. The smallest absolute Gasteiger partial charge is 0.250 e. The van der Waals surface area contributed by atoms with Gasteiger partial charge in [-0.15, -0.1) is 0 Å². The Bertz CT molecular complexity index is 609. The molecule has 26 heavy (non-hydrogen) atoms. The molecule has 1 saturated carbocycles. The van der Waals surface area contributed by atoms with Crippen molar-refractivity contribution in [1.29, 1.82) is 0 Å². The quantitative estimate of drug-likeness (QED) is 0.865. The molecule has 1 aromatic rings. The summed E-state index contributed by atoms with van der Waals surface area (Å²) in [5.41, 5.74) is 1.00. The lowest BCUT2D eigenvalue weighted by atomic mass is 9.98. The van der Waals surface area contributed by atoms with E-state index in [1.807, 2.05) is 18.7 Å². The van der Waals surface area contributed by atoms with Crippen LogP contribution in [0.2, 0.25) is 0 Å². The SMILES string of the molecule is C[C@@H]1CN(c2ccc(NC(=O)COC3CCCCC3)cc2F)C[C@H](C)O1. The minimum atomic E-state index is -0.336. The molecule has 1 amide bonds. The van der Waals surface area contributed by atoms with Crippen molar-refractivity contribution in [1.82, 2.24) is 0 Å². The summed E-state index contributed by atoms with van der Waals surface area (Å²) in [6.45, 7) is 5.31. The number of anilines is 2. The zero-order chi connectivity index (χ0) is 18.5. The van der Waals surface area contributed by atoms with E-state index in [1.54, 1.807) is 12.1 Å². The van der Waals surface area contributed by atoms with E-state index in [0.29, 0.717) is 24.5 Å². The topological polar surface area (TPSA) is 50.8 Å². The molecule has 2 atom stereocenters. The van der Waals surface area contributed by atoms with Gasteiger partial charge in [-0.25, -0.2) is 4.39 Å². The Morgan fingerprint density at radius 2 is 1.92 bits per heavy atom. The molecule has 0 spiro atoms. The maximum Gasteiger partial charge on any atom is 0.250 e. The molecule has 1 aliphatic heterocycles. The summed E-state index contributed by atoms with van der Waals surface area (Å²) in [4.78, 5) is 14.0. The maximum absolute atomic E-state index is 14.6. The first kappa shape index (κ1) is 19.1. The Kier molecular flexibility index (Phi) is 6.48. The van der Waals surface area contributed by atoms with E-state index in [9.17, 15) is 9.18 Å². The number of amides is 1. The van der Waals surface area contributed by atoms with Gasteiger partial charge in [0.1, 0.15) is 12.4 Å². The summed E-state index contributed by atoms with van der Waals surface area (Å²) in [5, 5.41) is 2.72. The molecule has 144 valence electrons. The van der Waals surface area contributed by atoms with Gasteiger partial charge >= 0.3 is 0 Å². The lowest BCUT2D eigenvalue weighted by Crippen LogP contribution is -2.45. The Labute approximate surface area is 154 Å². The van der Waals surface area contributed by atoms with Gasteiger partial charge < -0.3 is 19.7 Å². The van der Waals surface area contributed by atoms with Crippen LogP contribution in [0.15, 0.2) is 18.2 Å². The van der Waals surface area contributed by atoms with Crippen LogP contribution in [-0.4, -0.2) is 43.9 Å². The van der Waals surface area contributed by atoms with Gasteiger partial charge in [0.15, 0.2) is 0 Å². The molecular formula is C20H29FN2O3. The van der Waals surface area contributed by atoms with Crippen molar-refractivity contribution in [3.05, 3.63) is 24.0 Å². The number of hydrogen-bond acceptors (Lipinski definition) is 4. The van der Waals surface area contributed by atoms with Crippen molar-refractivity contribution < 1.29 is 18.7 Å². The summed E-state index contributed by atoms with van der Waals surface area (Å²) < 4.78 is 25.9. The molecule has 0 bridgehead atoms. The van der Waals surface area contributed by atoms with Crippen LogP contribution in [0.1, 0.15) is 46.0 Å². The molecule has 0 radical (unpaired) electrons. The number of morpholine rings is 1. The van der Waals surface area contributed by atoms with Gasteiger partial charge in [0.05, 0.1) is 24.0 Å². The number of nitrogens with one attached hydrogen (secondary N) is 1. The Balaban J connectivity index is 1.54. The van der Waals surface area contributed by atoms with Gasteiger partial charge in [0, 0.05) is 18.8 Å². The normalized spacial score (nSPS) is 24.5. The molecule has 1 N–H and O–H groups in total. The first-order valence-corrected chi connectivity index (χ1v) is 9.62. The highest BCUT2D eigenvalue weighted by Gasteiger charge is 2.24. The van der Waals surface area contributed by atoms with E-state index in [0.717, 1.165) is 25.7 Å². The van der Waals surface area contributed by atoms with E-state index in [-0.39, 0.29) is 36.6 Å². The van der Waals surface area contributed by atoms with Gasteiger partial charge in [0.25, 0.3) is 0 Å². The summed E-state index contributed by atoms with van der Waals surface area (Å²) >= 11 is 0. The Morgan fingerprint density at radius 1 is 1.23 bits per heavy atom. The predicted molar refractivity (Wildman–Crippen MR) is 100 cm³/mol. The van der Waals surface area contributed by atoms with Crippen LogP contribution in [0.25, 0.3) is 0 Å². The number of nitrogens with zero attached hydrogens (tertiary/aromatic N) is 1. The van der Waals surface area contributed by atoms with Gasteiger partial charge in [-0.3, -0.25) is 4.79 Å². The zero-order valence-electron chi connectivity index (χ0n) is 15.7. The number of rotatable bonds is 5. The molecular weight excluding hydrogens is 335 g/mol. The second-order valence-electron chi connectivity index (χ2n) is 7.45. The van der Waals surface area contributed by atoms with E-state index in [2.05, 4.69) is 5.32 Å². The van der Waals surface area contributed by atoms with Crippen molar-refractivity contribution in [2.24, 2.45) is 0 Å². The molecule has 5 nitrogen and oxygen atoms in total. The van der Waals surface area contributed by atoms with Crippen LogP contribution < -0.4 is 10.2 Å². The molecule has 1 aromatic carbocycles. The fourth-order valence-electron chi connectivity index (χ4n) is 3.84. The number of benzene rings is 1. The van der Waals surface area contributed by atoms with Crippen LogP contribution in [0, 0.1) is 5.82 Å². The summed E-state index contributed by atoms with van der Waals surface area (Å²) in [5.74, 6) is -0.575. The fraction of sp³-hybridized carbons (Fsp3) is 0.650. The monoisotopic (exact) mass is 364 g/mol. The first-order chi connectivity index (χ1) is 12.5. The second-order valence-corrected chi connectivity index (χ2v) is 7.45. The molecule has 6 heteroatoms. The minimum absolute atomic E-state index is 0.0204. The molecule has 0 aromatic heterocycles. The van der Waals surface area contributed by atoms with Crippen molar-refractivity contribution in [3.63, 3.8) is 0 Å². The van der Waals surface area contributed by atoms with Crippen LogP contribution in [0.5, 0.6) is 0 Å². The molecule has 3 rings (SSSR count). The van der Waals surface area contributed by atoms with Gasteiger partial charge in [-0.1, -0.05) is 19.3 Å². The highest BCUT2D eigenvalue weighted by Crippen LogP contribution is 2.26. The van der Waals surface area contributed by atoms with Gasteiger partial charge in [-0.2, -0.15) is 0 Å². The highest BCUT2D eigenvalue weighted by atomic mass is 19.1. The molecule has 2 fully saturated rings. The number of carbonyl (C=O) groups is 1. The maximum atomic E-state index is 14.6. The van der Waals surface area contributed by atoms with E-state index in [4.69, 9.17) is 9.47 Å². The third kappa shape index (κ3) is 5.17. The lowest BCUT2D eigenvalue weighted by Gasteiger charge is -2.37. The highest BCUT2D eigenvalue weighted by molar-refractivity contribution is 5.91. The molecule has 1 saturated heterocycles. The average molecular weight is 364 g/mol. The van der Waals surface area contributed by atoms with Crippen LogP contribution >= 0.6 is 0 Å². The lowest BCUT2D eigenvalue weighted by molar-refractivity contribution is -0.123. The summed E-state index contributed by atoms with van der Waals surface area (Å²) in [6, 6.07) is 4.83. The first-order valence-electron chi connectivity index (χ1n) is 9.62. The molecule has 1 heterocycles. The Hall–Kier alpha value is -1.66. The van der Waals surface area contributed by atoms with Crippen molar-refractivity contribution in [2.75, 3.05) is 29.9 Å². The third-order valence-corrected chi connectivity index (χ3v) is 4.99. The van der Waals surface area contributed by atoms with Crippen LogP contribution in [0.3, 0.4) is 0 Å². The van der Waals surface area contributed by atoms with Crippen molar-refractivity contribution in [3.8, 4) is 0 Å². The van der Waals surface area contributed by atoms with Crippen molar-refractivity contribution in [2.45, 2.75) is 64.3 Å². The minimum Gasteiger partial charge on any atom is -0.372 e. The van der Waals surface area contributed by atoms with E-state index < -0.39 is 0 Å². The van der Waals surface area contributed by atoms with Gasteiger partial charge in [-0.05, 0) is 44.9 Å². The predicted octanol–water partition coefficient (Wildman–Crippen LogP) is 3.73. The summed E-state index contributed by atoms with van der Waals surface area (Å²) in [7, 11) is 0. The fourth-order valence-corrected chi connectivity index (χ4v) is 3.84. The van der Waals surface area contributed by atoms with E-state index >= 15 is 0 Å². The van der Waals surface area contributed by atoms with Gasteiger partial charge in [0.2, 0.25) is 5.91 Å². The number of carbonyl (C=O) groups excluding carboxylic acids is 1. The Morgan fingerprint density at radius 3 is 2.58 bits per heavy atom. The van der Waals surface area contributed by atoms with E-state index in [1.165, 1.54) is 12.5 Å². The molecule has 0 unspecified atom stereocenters. The standard InChI is InChI=1S/C20H29FN2O3/c1-14-11-23(12-15(2)26-14)19-9-8-16(10-18(19)21)22-20(24)13-25-17-6-4-3-5-7-17/h8-10,14-15,17H,3-7,11-13H2,1-2H3,(H,22,24)/t14-,15+. The largest absolute Gasteiger partial charge is 0.372 e. The molecule has 1 aliphatic carbocycles. The second kappa shape index (κ2) is 8.82. The van der Waals surface area contributed by atoms with Crippen LogP contribution in [-0.2, 0) is 14.3 Å². The van der Waals surface area contributed by atoms with Crippen LogP contribution in [0.4, 0.5) is 15.8 Å².